The molecule has 0 aliphatic carbocycles. The summed E-state index contributed by atoms with van der Waals surface area (Å²) in [5.41, 5.74) is 2.89. The van der Waals surface area contributed by atoms with Gasteiger partial charge in [-0.2, -0.15) is 0 Å². The first-order valence-electron chi connectivity index (χ1n) is 12.0. The highest BCUT2D eigenvalue weighted by Gasteiger charge is 2.33. The molecule has 188 valence electrons. The summed E-state index contributed by atoms with van der Waals surface area (Å²) in [5, 5.41) is 11.5. The second-order valence-electron chi connectivity index (χ2n) is 10.2. The number of phenolic OH excluding ortho intramolecular Hbond substituents is 1. The summed E-state index contributed by atoms with van der Waals surface area (Å²) in [6.07, 6.45) is 3.18. The van der Waals surface area contributed by atoms with Crippen molar-refractivity contribution in [1.29, 1.82) is 0 Å². The van der Waals surface area contributed by atoms with E-state index in [1.165, 1.54) is 6.07 Å². The molecule has 2 aromatic heterocycles. The van der Waals surface area contributed by atoms with Crippen LogP contribution in [0.1, 0.15) is 48.0 Å². The minimum Gasteiger partial charge on any atom is -0.507 e. The van der Waals surface area contributed by atoms with Crippen molar-refractivity contribution in [2.45, 2.75) is 39.8 Å². The number of carbonyl (C=O) groups excluding carboxylic acids is 2. The third kappa shape index (κ3) is 4.66. The molecule has 0 unspecified atom stereocenters. The number of allylic oxidation sites excluding steroid dienone is 1. The smallest absolute Gasteiger partial charge is 0.410 e. The number of aryl methyl sites for hydroxylation is 1. The van der Waals surface area contributed by atoms with Gasteiger partial charge >= 0.3 is 6.09 Å². The quantitative estimate of drug-likeness (QED) is 0.529. The van der Waals surface area contributed by atoms with Crippen molar-refractivity contribution in [2.75, 3.05) is 26.2 Å². The Morgan fingerprint density at radius 1 is 1.19 bits per heavy atom. The second-order valence-corrected chi connectivity index (χ2v) is 10.2. The predicted molar refractivity (Wildman–Crippen MR) is 135 cm³/mol. The number of Topliss-reactive ketones (excluding diaryl/α,β-unsaturated/α-hetero) is 1. The van der Waals surface area contributed by atoms with Gasteiger partial charge in [0.1, 0.15) is 22.7 Å². The fraction of sp³-hybridized carbons (Fsp3) is 0.370. The number of hydrogen-bond acceptors (Lipinski definition) is 7. The molecule has 1 amide bonds. The van der Waals surface area contributed by atoms with Gasteiger partial charge in [0.05, 0.1) is 11.1 Å². The van der Waals surface area contributed by atoms with E-state index in [9.17, 15) is 14.7 Å². The first kappa shape index (κ1) is 23.9. The van der Waals surface area contributed by atoms with E-state index >= 15 is 0 Å². The number of aromatic hydroxyl groups is 1. The van der Waals surface area contributed by atoms with E-state index in [2.05, 4.69) is 14.9 Å². The number of piperazine rings is 1. The molecule has 9 nitrogen and oxygen atoms in total. The minimum absolute atomic E-state index is 0.0733. The summed E-state index contributed by atoms with van der Waals surface area (Å²) in [4.78, 5) is 36.9. The molecule has 2 aliphatic heterocycles. The van der Waals surface area contributed by atoms with Crippen LogP contribution in [-0.2, 0) is 11.3 Å². The van der Waals surface area contributed by atoms with Crippen LogP contribution in [-0.4, -0.2) is 68.5 Å². The number of hydrogen-bond donors (Lipinski definition) is 2. The molecule has 36 heavy (non-hydrogen) atoms. The lowest BCUT2D eigenvalue weighted by molar-refractivity contribution is 0.0138. The Morgan fingerprint density at radius 3 is 2.67 bits per heavy atom. The summed E-state index contributed by atoms with van der Waals surface area (Å²) in [7, 11) is 0. The molecule has 1 fully saturated rings. The maximum absolute atomic E-state index is 13.1. The monoisotopic (exact) mass is 490 g/mol. The summed E-state index contributed by atoms with van der Waals surface area (Å²) in [6, 6.07) is 7.01. The standard InChI is InChI=1S/C27H30N4O5/c1-16-5-6-18-17(14-28-25(18)29-16)13-22-23(33)19-7-8-21(32)20(24(19)35-22)15-30-9-11-31(12-10-30)26(34)36-27(2,3)4/h5-8,13-14,32H,9-12,15H2,1-4H3,(H,28,29). The van der Waals surface area contributed by atoms with Crippen molar-refractivity contribution in [1.82, 2.24) is 19.8 Å². The number of aromatic nitrogens is 2. The van der Waals surface area contributed by atoms with E-state index in [0.29, 0.717) is 49.6 Å². The van der Waals surface area contributed by atoms with E-state index in [0.717, 1.165) is 22.3 Å². The number of benzene rings is 1. The zero-order valence-corrected chi connectivity index (χ0v) is 20.9. The fourth-order valence-corrected chi connectivity index (χ4v) is 4.47. The van der Waals surface area contributed by atoms with Crippen molar-refractivity contribution in [2.24, 2.45) is 0 Å². The third-order valence-corrected chi connectivity index (χ3v) is 6.32. The van der Waals surface area contributed by atoms with Crippen LogP contribution in [0.2, 0.25) is 0 Å². The number of fused-ring (bicyclic) bond motifs is 2. The Labute approximate surface area is 209 Å². The number of H-pyrrole nitrogens is 1. The zero-order valence-electron chi connectivity index (χ0n) is 20.9. The highest BCUT2D eigenvalue weighted by Crippen LogP contribution is 2.40. The van der Waals surface area contributed by atoms with Crippen molar-refractivity contribution in [3.8, 4) is 11.5 Å². The predicted octanol–water partition coefficient (Wildman–Crippen LogP) is 4.25. The van der Waals surface area contributed by atoms with Crippen LogP contribution in [0.4, 0.5) is 4.79 Å². The topological polar surface area (TPSA) is 108 Å². The van der Waals surface area contributed by atoms with Gasteiger partial charge in [-0.15, -0.1) is 0 Å². The molecule has 5 rings (SSSR count). The average molecular weight is 491 g/mol. The maximum atomic E-state index is 13.1. The van der Waals surface area contributed by atoms with Gasteiger partial charge in [0.15, 0.2) is 5.76 Å². The number of amides is 1. The van der Waals surface area contributed by atoms with E-state index < -0.39 is 5.60 Å². The summed E-state index contributed by atoms with van der Waals surface area (Å²) >= 11 is 0. The van der Waals surface area contributed by atoms with Crippen LogP contribution in [0.25, 0.3) is 17.1 Å². The lowest BCUT2D eigenvalue weighted by atomic mass is 10.0. The summed E-state index contributed by atoms with van der Waals surface area (Å²) in [5.74, 6) is 0.433. The van der Waals surface area contributed by atoms with E-state index in [4.69, 9.17) is 9.47 Å². The lowest BCUT2D eigenvalue weighted by Gasteiger charge is -2.35. The van der Waals surface area contributed by atoms with E-state index in [1.54, 1.807) is 23.2 Å². The zero-order chi connectivity index (χ0) is 25.6. The average Bonchev–Trinajstić information content (AvgIpc) is 3.35. The van der Waals surface area contributed by atoms with Crippen LogP contribution < -0.4 is 4.74 Å². The van der Waals surface area contributed by atoms with Gasteiger partial charge in [0, 0.05) is 55.6 Å². The molecule has 0 saturated carbocycles. The van der Waals surface area contributed by atoms with Gasteiger partial charge in [-0.3, -0.25) is 9.69 Å². The normalized spacial score (nSPS) is 17.5. The number of ether oxygens (including phenoxy) is 2. The van der Waals surface area contributed by atoms with Gasteiger partial charge in [-0.05, 0) is 58.0 Å². The van der Waals surface area contributed by atoms with Crippen LogP contribution in [0.3, 0.4) is 0 Å². The van der Waals surface area contributed by atoms with Gasteiger partial charge in [0.25, 0.3) is 0 Å². The molecule has 1 saturated heterocycles. The van der Waals surface area contributed by atoms with Crippen LogP contribution in [0, 0.1) is 6.92 Å². The number of aromatic amines is 1. The number of carbonyl (C=O) groups is 2. The Morgan fingerprint density at radius 2 is 1.94 bits per heavy atom. The first-order chi connectivity index (χ1) is 17.1. The van der Waals surface area contributed by atoms with Crippen molar-refractivity contribution >= 4 is 29.0 Å². The molecule has 2 aliphatic rings. The van der Waals surface area contributed by atoms with Crippen molar-refractivity contribution in [3.63, 3.8) is 0 Å². The Balaban J connectivity index is 1.33. The number of pyridine rings is 1. The van der Waals surface area contributed by atoms with Crippen molar-refractivity contribution in [3.05, 3.63) is 58.6 Å². The van der Waals surface area contributed by atoms with Gasteiger partial charge in [0.2, 0.25) is 5.78 Å². The van der Waals surface area contributed by atoms with Gasteiger partial charge < -0.3 is 24.5 Å². The molecule has 4 heterocycles. The van der Waals surface area contributed by atoms with Gasteiger partial charge in [-0.1, -0.05) is 0 Å². The highest BCUT2D eigenvalue weighted by atomic mass is 16.6. The molecule has 0 spiro atoms. The first-order valence-corrected chi connectivity index (χ1v) is 12.0. The number of rotatable bonds is 3. The van der Waals surface area contributed by atoms with Crippen LogP contribution in [0.5, 0.6) is 11.5 Å². The number of phenols is 1. The van der Waals surface area contributed by atoms with Crippen LogP contribution >= 0.6 is 0 Å². The second kappa shape index (κ2) is 8.98. The van der Waals surface area contributed by atoms with Crippen molar-refractivity contribution < 1.29 is 24.2 Å². The Kier molecular flexibility index (Phi) is 5.96. The largest absolute Gasteiger partial charge is 0.507 e. The Hall–Kier alpha value is -3.85. The number of nitrogens with one attached hydrogen (secondary N) is 1. The molecular weight excluding hydrogens is 460 g/mol. The lowest BCUT2D eigenvalue weighted by Crippen LogP contribution is -2.49. The molecule has 0 bridgehead atoms. The van der Waals surface area contributed by atoms with Crippen LogP contribution in [0.15, 0.2) is 36.2 Å². The molecule has 0 radical (unpaired) electrons. The molecule has 9 heteroatoms. The Bertz CT molecular complexity index is 1380. The van der Waals surface area contributed by atoms with Gasteiger partial charge in [-0.25, -0.2) is 9.78 Å². The molecule has 2 N–H and O–H groups in total. The molecule has 3 aromatic rings. The summed E-state index contributed by atoms with van der Waals surface area (Å²) in [6.45, 7) is 10.1. The third-order valence-electron chi connectivity index (χ3n) is 6.32. The molecular formula is C27H30N4O5. The number of ketones is 1. The molecule has 1 aromatic carbocycles. The molecule has 0 atom stereocenters. The summed E-state index contributed by atoms with van der Waals surface area (Å²) < 4.78 is 11.5. The fourth-order valence-electron chi connectivity index (χ4n) is 4.47. The SMILES string of the molecule is Cc1ccc2c(C=C3Oc4c(ccc(O)c4CN4CCN(C(=O)OC(C)(C)C)CC4)C3=O)c[nH]c2n1. The minimum atomic E-state index is -0.540. The van der Waals surface area contributed by atoms with E-state index in [1.807, 2.05) is 39.8 Å². The number of nitrogens with zero attached hydrogens (tertiary/aromatic N) is 3. The van der Waals surface area contributed by atoms with E-state index in [-0.39, 0.29) is 23.4 Å². The highest BCUT2D eigenvalue weighted by molar-refractivity contribution is 6.15. The maximum Gasteiger partial charge on any atom is 0.410 e.